The number of benzene rings is 1. The molecular weight excluding hydrogens is 348 g/mol. The van der Waals surface area contributed by atoms with Crippen molar-refractivity contribution >= 4 is 23.2 Å². The highest BCUT2D eigenvalue weighted by Crippen LogP contribution is 2.33. The maximum atomic E-state index is 11.4. The highest BCUT2D eigenvalue weighted by atomic mass is 16.6. The molecule has 0 atom stereocenters. The lowest BCUT2D eigenvalue weighted by molar-refractivity contribution is -0.384. The lowest BCUT2D eigenvalue weighted by Gasteiger charge is -2.37. The highest BCUT2D eigenvalue weighted by molar-refractivity contribution is 5.74. The van der Waals surface area contributed by atoms with Crippen molar-refractivity contribution < 1.29 is 14.5 Å². The van der Waals surface area contributed by atoms with E-state index < -0.39 is 10.9 Å². The van der Waals surface area contributed by atoms with E-state index in [9.17, 15) is 14.9 Å². The van der Waals surface area contributed by atoms with Crippen LogP contribution in [0.25, 0.3) is 0 Å². The van der Waals surface area contributed by atoms with Crippen LogP contribution >= 0.6 is 0 Å². The number of aromatic nitrogens is 1. The third kappa shape index (κ3) is 4.33. The molecule has 0 amide bonds. The Morgan fingerprint density at radius 1 is 1.11 bits per heavy atom. The molecule has 1 aliphatic rings. The van der Waals surface area contributed by atoms with Crippen LogP contribution in [0, 0.1) is 24.0 Å². The summed E-state index contributed by atoms with van der Waals surface area (Å²) in [5.74, 6) is 0.667. The zero-order valence-electron chi connectivity index (χ0n) is 15.6. The minimum atomic E-state index is -0.505. The number of anilines is 2. The van der Waals surface area contributed by atoms with E-state index in [1.54, 1.807) is 6.07 Å². The molecule has 0 radical (unpaired) electrons. The number of ether oxygens (including phenoxy) is 1. The minimum Gasteiger partial charge on any atom is -0.424 e. The fourth-order valence-corrected chi connectivity index (χ4v) is 3.27. The number of non-ortho nitro benzene ring substituents is 1. The van der Waals surface area contributed by atoms with Gasteiger partial charge in [0.25, 0.3) is 5.69 Å². The zero-order valence-corrected chi connectivity index (χ0v) is 15.6. The number of hydrogen-bond donors (Lipinski definition) is 0. The van der Waals surface area contributed by atoms with E-state index in [0.29, 0.717) is 18.8 Å². The van der Waals surface area contributed by atoms with Gasteiger partial charge in [-0.3, -0.25) is 14.9 Å². The van der Waals surface area contributed by atoms with Crippen molar-refractivity contribution in [2.45, 2.75) is 20.8 Å². The number of aryl methyl sites for hydroxylation is 2. The quantitative estimate of drug-likeness (QED) is 0.354. The number of nitro benzene ring substituents is 1. The number of carbonyl (C=O) groups is 1. The standard InChI is InChI=1S/C19H22N4O4/c1-13-10-14(2)20-19(11-13)22-8-6-21(7-9-22)17-5-4-16(23(25)26)12-18(17)27-15(3)24/h4-5,10-12H,6-9H2,1-3H3. The Balaban J connectivity index is 1.79. The van der Waals surface area contributed by atoms with Gasteiger partial charge in [-0.15, -0.1) is 0 Å². The maximum Gasteiger partial charge on any atom is 0.308 e. The predicted octanol–water partition coefficient (Wildman–Crippen LogP) is 2.86. The van der Waals surface area contributed by atoms with E-state index in [0.717, 1.165) is 24.6 Å². The predicted molar refractivity (Wildman–Crippen MR) is 103 cm³/mol. The lowest BCUT2D eigenvalue weighted by atomic mass is 10.2. The van der Waals surface area contributed by atoms with Gasteiger partial charge in [0, 0.05) is 44.9 Å². The first-order chi connectivity index (χ1) is 12.8. The summed E-state index contributed by atoms with van der Waals surface area (Å²) in [7, 11) is 0. The van der Waals surface area contributed by atoms with E-state index in [4.69, 9.17) is 4.74 Å². The fraction of sp³-hybridized carbons (Fsp3) is 0.368. The number of piperazine rings is 1. The van der Waals surface area contributed by atoms with Crippen LogP contribution in [0.5, 0.6) is 5.75 Å². The van der Waals surface area contributed by atoms with Crippen LogP contribution in [0.2, 0.25) is 0 Å². The van der Waals surface area contributed by atoms with Crippen LogP contribution in [0.3, 0.4) is 0 Å². The summed E-state index contributed by atoms with van der Waals surface area (Å²) in [6.07, 6.45) is 0. The molecule has 1 saturated heterocycles. The molecular formula is C19H22N4O4. The molecule has 0 N–H and O–H groups in total. The highest BCUT2D eigenvalue weighted by Gasteiger charge is 2.23. The molecule has 8 heteroatoms. The second-order valence-electron chi connectivity index (χ2n) is 6.62. The SMILES string of the molecule is CC(=O)Oc1cc([N+](=O)[O-])ccc1N1CCN(c2cc(C)cc(C)n2)CC1. The average molecular weight is 370 g/mol. The molecule has 0 bridgehead atoms. The number of pyridine rings is 1. The topological polar surface area (TPSA) is 88.8 Å². The van der Waals surface area contributed by atoms with E-state index in [1.807, 2.05) is 13.0 Å². The van der Waals surface area contributed by atoms with Gasteiger partial charge in [0.1, 0.15) is 5.82 Å². The van der Waals surface area contributed by atoms with Gasteiger partial charge in [-0.25, -0.2) is 4.98 Å². The Kier molecular flexibility index (Phi) is 5.25. The number of esters is 1. The van der Waals surface area contributed by atoms with Gasteiger partial charge >= 0.3 is 5.97 Å². The van der Waals surface area contributed by atoms with Gasteiger partial charge in [-0.2, -0.15) is 0 Å². The summed E-state index contributed by atoms with van der Waals surface area (Å²) in [5.41, 5.74) is 2.74. The third-order valence-corrected chi connectivity index (χ3v) is 4.44. The van der Waals surface area contributed by atoms with Crippen LogP contribution in [0.1, 0.15) is 18.2 Å². The van der Waals surface area contributed by atoms with Gasteiger partial charge in [0.05, 0.1) is 16.7 Å². The van der Waals surface area contributed by atoms with E-state index in [2.05, 4.69) is 27.8 Å². The van der Waals surface area contributed by atoms with E-state index in [1.165, 1.54) is 24.6 Å². The molecule has 0 saturated carbocycles. The molecule has 8 nitrogen and oxygen atoms in total. The summed E-state index contributed by atoms with van der Waals surface area (Å²) >= 11 is 0. The number of hydrogen-bond acceptors (Lipinski definition) is 7. The molecule has 27 heavy (non-hydrogen) atoms. The molecule has 3 rings (SSSR count). The van der Waals surface area contributed by atoms with Crippen LogP contribution in [-0.4, -0.2) is 42.1 Å². The zero-order chi connectivity index (χ0) is 19.6. The molecule has 142 valence electrons. The van der Waals surface area contributed by atoms with Crippen molar-refractivity contribution in [3.8, 4) is 5.75 Å². The third-order valence-electron chi connectivity index (χ3n) is 4.44. The second-order valence-corrected chi connectivity index (χ2v) is 6.62. The number of carbonyl (C=O) groups excluding carboxylic acids is 1. The van der Waals surface area contributed by atoms with Crippen molar-refractivity contribution in [2.75, 3.05) is 36.0 Å². The Morgan fingerprint density at radius 2 is 1.78 bits per heavy atom. The first-order valence-electron chi connectivity index (χ1n) is 8.75. The van der Waals surface area contributed by atoms with Crippen LogP contribution in [0.4, 0.5) is 17.2 Å². The number of rotatable bonds is 4. The Labute approximate surface area is 157 Å². The molecule has 2 aromatic rings. The summed E-state index contributed by atoms with van der Waals surface area (Å²) in [6.45, 7) is 8.22. The van der Waals surface area contributed by atoms with Crippen LogP contribution < -0.4 is 14.5 Å². The Hall–Kier alpha value is -3.16. The summed E-state index contributed by atoms with van der Waals surface area (Å²) in [4.78, 5) is 30.8. The molecule has 1 aromatic carbocycles. The summed E-state index contributed by atoms with van der Waals surface area (Å²) < 4.78 is 5.22. The van der Waals surface area contributed by atoms with Gasteiger partial charge in [0.15, 0.2) is 5.75 Å². The number of nitro groups is 1. The minimum absolute atomic E-state index is 0.104. The molecule has 0 spiro atoms. The molecule has 2 heterocycles. The van der Waals surface area contributed by atoms with Crippen molar-refractivity contribution in [3.05, 3.63) is 51.7 Å². The molecule has 0 aliphatic carbocycles. The van der Waals surface area contributed by atoms with E-state index in [-0.39, 0.29) is 11.4 Å². The first kappa shape index (κ1) is 18.6. The Bertz CT molecular complexity index is 856. The average Bonchev–Trinajstić information content (AvgIpc) is 2.60. The van der Waals surface area contributed by atoms with Crippen molar-refractivity contribution in [3.63, 3.8) is 0 Å². The first-order valence-corrected chi connectivity index (χ1v) is 8.75. The second kappa shape index (κ2) is 7.61. The van der Waals surface area contributed by atoms with Gasteiger partial charge in [-0.1, -0.05) is 0 Å². The Morgan fingerprint density at radius 3 is 2.37 bits per heavy atom. The van der Waals surface area contributed by atoms with Gasteiger partial charge in [-0.05, 0) is 37.6 Å². The molecule has 0 unspecified atom stereocenters. The smallest absolute Gasteiger partial charge is 0.308 e. The number of nitrogens with zero attached hydrogens (tertiary/aromatic N) is 4. The van der Waals surface area contributed by atoms with Crippen LogP contribution in [-0.2, 0) is 4.79 Å². The van der Waals surface area contributed by atoms with Gasteiger partial charge in [0.2, 0.25) is 0 Å². The van der Waals surface area contributed by atoms with Crippen molar-refractivity contribution in [1.29, 1.82) is 0 Å². The van der Waals surface area contributed by atoms with Crippen molar-refractivity contribution in [1.82, 2.24) is 4.98 Å². The van der Waals surface area contributed by atoms with Crippen LogP contribution in [0.15, 0.2) is 30.3 Å². The largest absolute Gasteiger partial charge is 0.424 e. The van der Waals surface area contributed by atoms with Gasteiger partial charge < -0.3 is 14.5 Å². The lowest BCUT2D eigenvalue weighted by Crippen LogP contribution is -2.47. The maximum absolute atomic E-state index is 11.4. The monoisotopic (exact) mass is 370 g/mol. The molecule has 1 fully saturated rings. The normalized spacial score (nSPS) is 14.2. The molecule has 1 aliphatic heterocycles. The van der Waals surface area contributed by atoms with Crippen molar-refractivity contribution in [2.24, 2.45) is 0 Å². The fourth-order valence-electron chi connectivity index (χ4n) is 3.27. The summed E-state index contributed by atoms with van der Waals surface area (Å²) in [5, 5.41) is 11.0. The molecule has 1 aromatic heterocycles. The van der Waals surface area contributed by atoms with E-state index >= 15 is 0 Å². The summed E-state index contributed by atoms with van der Waals surface area (Å²) in [6, 6.07) is 8.48.